The predicted octanol–water partition coefficient (Wildman–Crippen LogP) is 2.72. The van der Waals surface area contributed by atoms with Gasteiger partial charge >= 0.3 is 5.97 Å². The summed E-state index contributed by atoms with van der Waals surface area (Å²) in [7, 11) is 1.63. The van der Waals surface area contributed by atoms with Gasteiger partial charge in [-0.3, -0.25) is 9.59 Å². The van der Waals surface area contributed by atoms with Crippen LogP contribution in [0.1, 0.15) is 37.7 Å². The number of carbonyl (C=O) groups is 2. The zero-order valence-corrected chi connectivity index (χ0v) is 14.8. The highest BCUT2D eigenvalue weighted by atomic mass is 16.5. The monoisotopic (exact) mass is 345 g/mol. The second kappa shape index (κ2) is 8.37. The number of carbonyl (C=O) groups excluding carboxylic acids is 2. The van der Waals surface area contributed by atoms with Crippen molar-refractivity contribution in [2.45, 2.75) is 38.5 Å². The SMILES string of the molecule is COc1ccccc1CCNC(=O)COC(=O)C[C@@H]1C[C@@H]2CC[C@@H]1C2. The molecule has 2 aliphatic rings. The first-order valence-electron chi connectivity index (χ1n) is 9.20. The Morgan fingerprint density at radius 2 is 2.04 bits per heavy atom. The Bertz CT molecular complexity index is 615. The molecule has 1 N–H and O–H groups in total. The van der Waals surface area contributed by atoms with Crippen molar-refractivity contribution in [3.63, 3.8) is 0 Å². The fourth-order valence-electron chi connectivity index (χ4n) is 4.34. The Morgan fingerprint density at radius 3 is 2.76 bits per heavy atom. The third kappa shape index (κ3) is 4.74. The molecule has 3 atom stereocenters. The lowest BCUT2D eigenvalue weighted by molar-refractivity contribution is -0.149. The van der Waals surface area contributed by atoms with Crippen LogP contribution in [-0.2, 0) is 20.7 Å². The molecule has 1 aromatic carbocycles. The molecule has 0 unspecified atom stereocenters. The van der Waals surface area contributed by atoms with E-state index in [1.165, 1.54) is 19.3 Å². The van der Waals surface area contributed by atoms with E-state index in [9.17, 15) is 9.59 Å². The summed E-state index contributed by atoms with van der Waals surface area (Å²) >= 11 is 0. The lowest BCUT2D eigenvalue weighted by atomic mass is 9.86. The molecule has 0 radical (unpaired) electrons. The second-order valence-electron chi connectivity index (χ2n) is 7.21. The average molecular weight is 345 g/mol. The van der Waals surface area contributed by atoms with Crippen LogP contribution in [0.25, 0.3) is 0 Å². The highest BCUT2D eigenvalue weighted by Gasteiger charge is 2.40. The zero-order chi connectivity index (χ0) is 17.6. The summed E-state index contributed by atoms with van der Waals surface area (Å²) < 4.78 is 10.4. The number of benzene rings is 1. The lowest BCUT2D eigenvalue weighted by Gasteiger charge is -2.20. The van der Waals surface area contributed by atoms with E-state index in [4.69, 9.17) is 9.47 Å². The van der Waals surface area contributed by atoms with Crippen molar-refractivity contribution >= 4 is 11.9 Å². The number of rotatable bonds is 8. The highest BCUT2D eigenvalue weighted by molar-refractivity contribution is 5.80. The van der Waals surface area contributed by atoms with Crippen LogP contribution < -0.4 is 10.1 Å². The molecule has 0 spiro atoms. The zero-order valence-electron chi connectivity index (χ0n) is 14.8. The fourth-order valence-corrected chi connectivity index (χ4v) is 4.34. The first-order valence-corrected chi connectivity index (χ1v) is 9.20. The van der Waals surface area contributed by atoms with Gasteiger partial charge in [-0.05, 0) is 55.1 Å². The van der Waals surface area contributed by atoms with Gasteiger partial charge in [0.15, 0.2) is 6.61 Å². The van der Waals surface area contributed by atoms with E-state index in [1.807, 2.05) is 24.3 Å². The highest BCUT2D eigenvalue weighted by Crippen LogP contribution is 2.49. The topological polar surface area (TPSA) is 64.6 Å². The van der Waals surface area contributed by atoms with Crippen molar-refractivity contribution in [3.05, 3.63) is 29.8 Å². The Kier molecular flexibility index (Phi) is 5.95. The van der Waals surface area contributed by atoms with Crippen molar-refractivity contribution in [3.8, 4) is 5.75 Å². The number of hydrogen-bond donors (Lipinski definition) is 1. The second-order valence-corrected chi connectivity index (χ2v) is 7.21. The molecule has 0 aliphatic heterocycles. The van der Waals surface area contributed by atoms with Gasteiger partial charge in [-0.15, -0.1) is 0 Å². The van der Waals surface area contributed by atoms with E-state index in [1.54, 1.807) is 7.11 Å². The van der Waals surface area contributed by atoms with E-state index >= 15 is 0 Å². The number of methoxy groups -OCH3 is 1. The number of esters is 1. The molecule has 0 saturated heterocycles. The van der Waals surface area contributed by atoms with Crippen molar-refractivity contribution < 1.29 is 19.1 Å². The molecule has 3 rings (SSSR count). The standard InChI is InChI=1S/C20H27NO4/c1-24-18-5-3-2-4-15(18)8-9-21-19(22)13-25-20(23)12-17-11-14-6-7-16(17)10-14/h2-5,14,16-17H,6-13H2,1H3,(H,21,22)/t14-,16-,17+/m1/s1. The van der Waals surface area contributed by atoms with Gasteiger partial charge in [0, 0.05) is 13.0 Å². The summed E-state index contributed by atoms with van der Waals surface area (Å²) in [4.78, 5) is 23.8. The molecular weight excluding hydrogens is 318 g/mol. The minimum absolute atomic E-state index is 0.189. The van der Waals surface area contributed by atoms with Gasteiger partial charge in [-0.2, -0.15) is 0 Å². The lowest BCUT2D eigenvalue weighted by Crippen LogP contribution is -2.31. The van der Waals surface area contributed by atoms with E-state index in [0.29, 0.717) is 31.2 Å². The number of nitrogens with one attached hydrogen (secondary N) is 1. The third-order valence-electron chi connectivity index (χ3n) is 5.59. The number of para-hydroxylation sites is 1. The number of hydrogen-bond acceptors (Lipinski definition) is 4. The van der Waals surface area contributed by atoms with Gasteiger partial charge in [-0.1, -0.05) is 24.6 Å². The largest absolute Gasteiger partial charge is 0.496 e. The van der Waals surface area contributed by atoms with Gasteiger partial charge in [0.2, 0.25) is 0 Å². The molecule has 5 heteroatoms. The van der Waals surface area contributed by atoms with Crippen molar-refractivity contribution in [2.24, 2.45) is 17.8 Å². The van der Waals surface area contributed by atoms with Crippen LogP contribution >= 0.6 is 0 Å². The maximum atomic E-state index is 11.9. The quantitative estimate of drug-likeness (QED) is 0.736. The molecule has 2 saturated carbocycles. The third-order valence-corrected chi connectivity index (χ3v) is 5.59. The average Bonchev–Trinajstić information content (AvgIpc) is 3.23. The maximum Gasteiger partial charge on any atom is 0.306 e. The molecule has 2 bridgehead atoms. The summed E-state index contributed by atoms with van der Waals surface area (Å²) in [5, 5.41) is 2.79. The van der Waals surface area contributed by atoms with E-state index in [0.717, 1.165) is 23.7 Å². The van der Waals surface area contributed by atoms with Crippen LogP contribution in [0.3, 0.4) is 0 Å². The molecule has 136 valence electrons. The van der Waals surface area contributed by atoms with Crippen molar-refractivity contribution in [1.29, 1.82) is 0 Å². The molecule has 2 aliphatic carbocycles. The molecule has 0 heterocycles. The van der Waals surface area contributed by atoms with Crippen molar-refractivity contribution in [2.75, 3.05) is 20.3 Å². The maximum absolute atomic E-state index is 11.9. The van der Waals surface area contributed by atoms with E-state index in [-0.39, 0.29) is 18.5 Å². The molecule has 25 heavy (non-hydrogen) atoms. The minimum atomic E-state index is -0.254. The summed E-state index contributed by atoms with van der Waals surface area (Å²) in [5.41, 5.74) is 1.04. The van der Waals surface area contributed by atoms with Gasteiger partial charge in [0.1, 0.15) is 5.75 Å². The van der Waals surface area contributed by atoms with Gasteiger partial charge in [0.05, 0.1) is 7.11 Å². The smallest absolute Gasteiger partial charge is 0.306 e. The molecule has 5 nitrogen and oxygen atoms in total. The molecule has 1 amide bonds. The van der Waals surface area contributed by atoms with Crippen LogP contribution in [0.4, 0.5) is 0 Å². The van der Waals surface area contributed by atoms with Crippen molar-refractivity contribution in [1.82, 2.24) is 5.32 Å². The van der Waals surface area contributed by atoms with Gasteiger partial charge < -0.3 is 14.8 Å². The molecule has 2 fully saturated rings. The molecule has 0 aromatic heterocycles. The Morgan fingerprint density at radius 1 is 1.20 bits per heavy atom. The van der Waals surface area contributed by atoms with E-state index < -0.39 is 0 Å². The minimum Gasteiger partial charge on any atom is -0.496 e. The van der Waals surface area contributed by atoms with Crippen LogP contribution in [0.2, 0.25) is 0 Å². The Balaban J connectivity index is 1.32. The van der Waals surface area contributed by atoms with Crippen LogP contribution in [0.15, 0.2) is 24.3 Å². The fraction of sp³-hybridized carbons (Fsp3) is 0.600. The number of ether oxygens (including phenoxy) is 2. The van der Waals surface area contributed by atoms with Gasteiger partial charge in [0.25, 0.3) is 5.91 Å². The summed E-state index contributed by atoms with van der Waals surface area (Å²) in [5.74, 6) is 2.32. The predicted molar refractivity (Wildman–Crippen MR) is 94.2 cm³/mol. The van der Waals surface area contributed by atoms with Crippen LogP contribution in [0.5, 0.6) is 5.75 Å². The first-order chi connectivity index (χ1) is 12.2. The summed E-state index contributed by atoms with van der Waals surface area (Å²) in [6.07, 6.45) is 6.16. The van der Waals surface area contributed by atoms with Gasteiger partial charge in [-0.25, -0.2) is 0 Å². The molecule has 1 aromatic rings. The summed E-state index contributed by atoms with van der Waals surface area (Å²) in [6.45, 7) is 0.300. The molecular formula is C20H27NO4. The van der Waals surface area contributed by atoms with Crippen LogP contribution in [-0.4, -0.2) is 32.1 Å². The normalized spacial score (nSPS) is 24.1. The number of amides is 1. The number of fused-ring (bicyclic) bond motifs is 2. The first kappa shape index (κ1) is 17.8. The summed E-state index contributed by atoms with van der Waals surface area (Å²) in [6, 6.07) is 7.72. The van der Waals surface area contributed by atoms with Crippen LogP contribution in [0, 0.1) is 17.8 Å². The Hall–Kier alpha value is -2.04. The Labute approximate surface area is 149 Å². The van der Waals surface area contributed by atoms with E-state index in [2.05, 4.69) is 5.32 Å².